The van der Waals surface area contributed by atoms with E-state index in [2.05, 4.69) is 5.32 Å². The van der Waals surface area contributed by atoms with Crippen LogP contribution in [-0.4, -0.2) is 25.9 Å². The molecule has 1 amide bonds. The Balaban J connectivity index is 1.69. The molecule has 26 heavy (non-hydrogen) atoms. The highest BCUT2D eigenvalue weighted by molar-refractivity contribution is 5.81. The average Bonchev–Trinajstić information content (AvgIpc) is 3.16. The molecule has 0 bridgehead atoms. The standard InChI is InChI=1S/C21H23NO4/c1-25-18-10-8-17(9-11-18)21(12-4-5-13-21)22-20(24)15-26-19-7-3-2-6-16(19)14-23/h2-3,6-11,14H,4-5,12-13,15H2,1H3,(H,22,24). The summed E-state index contributed by atoms with van der Waals surface area (Å²) in [6.45, 7) is -0.122. The number of hydrogen-bond donors (Lipinski definition) is 1. The molecule has 1 aliphatic carbocycles. The maximum Gasteiger partial charge on any atom is 0.258 e. The first-order chi connectivity index (χ1) is 12.7. The maximum absolute atomic E-state index is 12.5. The first kappa shape index (κ1) is 18.0. The molecule has 1 N–H and O–H groups in total. The van der Waals surface area contributed by atoms with Crippen LogP contribution in [0.3, 0.4) is 0 Å². The molecule has 2 aromatic rings. The zero-order valence-corrected chi connectivity index (χ0v) is 14.9. The third-order valence-corrected chi connectivity index (χ3v) is 4.88. The van der Waals surface area contributed by atoms with Gasteiger partial charge >= 0.3 is 0 Å². The molecule has 2 aromatic carbocycles. The Morgan fingerprint density at radius 3 is 2.46 bits per heavy atom. The van der Waals surface area contributed by atoms with Gasteiger partial charge in [-0.2, -0.15) is 0 Å². The van der Waals surface area contributed by atoms with Crippen molar-refractivity contribution in [3.63, 3.8) is 0 Å². The molecule has 0 unspecified atom stereocenters. The predicted octanol–water partition coefficient (Wildman–Crippen LogP) is 3.47. The summed E-state index contributed by atoms with van der Waals surface area (Å²) in [6.07, 6.45) is 4.66. The number of ether oxygens (including phenoxy) is 2. The number of rotatable bonds is 7. The quantitative estimate of drug-likeness (QED) is 0.774. The lowest BCUT2D eigenvalue weighted by Gasteiger charge is -2.31. The van der Waals surface area contributed by atoms with E-state index >= 15 is 0 Å². The Morgan fingerprint density at radius 2 is 1.81 bits per heavy atom. The second kappa shape index (κ2) is 8.04. The van der Waals surface area contributed by atoms with E-state index in [4.69, 9.17) is 9.47 Å². The van der Waals surface area contributed by atoms with E-state index in [0.29, 0.717) is 11.3 Å². The monoisotopic (exact) mass is 353 g/mol. The lowest BCUT2D eigenvalue weighted by atomic mass is 9.88. The van der Waals surface area contributed by atoms with E-state index in [1.807, 2.05) is 24.3 Å². The second-order valence-corrected chi connectivity index (χ2v) is 6.51. The van der Waals surface area contributed by atoms with Crippen molar-refractivity contribution in [3.8, 4) is 11.5 Å². The number of aldehydes is 1. The van der Waals surface area contributed by atoms with Gasteiger partial charge in [-0.1, -0.05) is 37.1 Å². The van der Waals surface area contributed by atoms with Gasteiger partial charge in [0.05, 0.1) is 18.2 Å². The molecule has 0 spiro atoms. The molecule has 1 fully saturated rings. The number of amides is 1. The van der Waals surface area contributed by atoms with Crippen LogP contribution < -0.4 is 14.8 Å². The van der Waals surface area contributed by atoms with Gasteiger partial charge in [-0.05, 0) is 42.7 Å². The van der Waals surface area contributed by atoms with Crippen LogP contribution in [0.4, 0.5) is 0 Å². The number of carbonyl (C=O) groups is 2. The number of nitrogens with one attached hydrogen (secondary N) is 1. The number of methoxy groups -OCH3 is 1. The van der Waals surface area contributed by atoms with Crippen molar-refractivity contribution < 1.29 is 19.1 Å². The van der Waals surface area contributed by atoms with Gasteiger partial charge in [-0.3, -0.25) is 9.59 Å². The fourth-order valence-electron chi connectivity index (χ4n) is 3.53. The van der Waals surface area contributed by atoms with Crippen LogP contribution in [0, 0.1) is 0 Å². The third-order valence-electron chi connectivity index (χ3n) is 4.88. The van der Waals surface area contributed by atoms with Crippen molar-refractivity contribution in [2.45, 2.75) is 31.2 Å². The van der Waals surface area contributed by atoms with E-state index in [-0.39, 0.29) is 18.1 Å². The van der Waals surface area contributed by atoms with Crippen LogP contribution in [0.2, 0.25) is 0 Å². The smallest absolute Gasteiger partial charge is 0.258 e. The molecular formula is C21H23NO4. The topological polar surface area (TPSA) is 64.6 Å². The highest BCUT2D eigenvalue weighted by atomic mass is 16.5. The highest BCUT2D eigenvalue weighted by Gasteiger charge is 2.37. The van der Waals surface area contributed by atoms with Crippen molar-refractivity contribution in [1.29, 1.82) is 0 Å². The highest BCUT2D eigenvalue weighted by Crippen LogP contribution is 2.39. The van der Waals surface area contributed by atoms with Crippen molar-refractivity contribution in [2.24, 2.45) is 0 Å². The van der Waals surface area contributed by atoms with Crippen LogP contribution in [0.25, 0.3) is 0 Å². The number of para-hydroxylation sites is 1. The minimum absolute atomic E-state index is 0.122. The van der Waals surface area contributed by atoms with Gasteiger partial charge in [0.25, 0.3) is 5.91 Å². The lowest BCUT2D eigenvalue weighted by Crippen LogP contribution is -2.45. The van der Waals surface area contributed by atoms with Crippen molar-refractivity contribution >= 4 is 12.2 Å². The number of carbonyl (C=O) groups excluding carboxylic acids is 2. The summed E-state index contributed by atoms with van der Waals surface area (Å²) in [5.74, 6) is 1.02. The largest absolute Gasteiger partial charge is 0.497 e. The zero-order chi connectivity index (χ0) is 18.4. The van der Waals surface area contributed by atoms with Crippen LogP contribution in [0.1, 0.15) is 41.6 Å². The Bertz CT molecular complexity index is 764. The van der Waals surface area contributed by atoms with E-state index in [1.54, 1.807) is 31.4 Å². The van der Waals surface area contributed by atoms with Crippen molar-refractivity contribution in [1.82, 2.24) is 5.32 Å². The Kier molecular flexibility index (Phi) is 5.56. The summed E-state index contributed by atoms with van der Waals surface area (Å²) in [5.41, 5.74) is 1.15. The molecule has 136 valence electrons. The first-order valence-electron chi connectivity index (χ1n) is 8.79. The summed E-state index contributed by atoms with van der Waals surface area (Å²) >= 11 is 0. The van der Waals surface area contributed by atoms with E-state index in [0.717, 1.165) is 43.3 Å². The average molecular weight is 353 g/mol. The first-order valence-corrected chi connectivity index (χ1v) is 8.79. The summed E-state index contributed by atoms with van der Waals surface area (Å²) in [5, 5.41) is 3.16. The van der Waals surface area contributed by atoms with Crippen molar-refractivity contribution in [2.75, 3.05) is 13.7 Å². The third kappa shape index (κ3) is 3.87. The SMILES string of the molecule is COc1ccc(C2(NC(=O)COc3ccccc3C=O)CCCC2)cc1. The van der Waals surface area contributed by atoms with Gasteiger partial charge in [0.2, 0.25) is 0 Å². The second-order valence-electron chi connectivity index (χ2n) is 6.51. The molecule has 3 rings (SSSR count). The molecule has 5 heteroatoms. The molecule has 0 saturated heterocycles. The molecule has 0 radical (unpaired) electrons. The van der Waals surface area contributed by atoms with Gasteiger partial charge in [0.15, 0.2) is 12.9 Å². The fraction of sp³-hybridized carbons (Fsp3) is 0.333. The van der Waals surface area contributed by atoms with Crippen LogP contribution >= 0.6 is 0 Å². The predicted molar refractivity (Wildman–Crippen MR) is 98.6 cm³/mol. The minimum Gasteiger partial charge on any atom is -0.497 e. The molecule has 0 heterocycles. The Morgan fingerprint density at radius 1 is 1.12 bits per heavy atom. The lowest BCUT2D eigenvalue weighted by molar-refractivity contribution is -0.125. The molecule has 5 nitrogen and oxygen atoms in total. The summed E-state index contributed by atoms with van der Waals surface area (Å²) < 4.78 is 10.8. The summed E-state index contributed by atoms with van der Waals surface area (Å²) in [4.78, 5) is 23.6. The fourth-order valence-corrected chi connectivity index (χ4v) is 3.53. The summed E-state index contributed by atoms with van der Waals surface area (Å²) in [6, 6.07) is 14.7. The molecule has 0 aliphatic heterocycles. The molecule has 0 atom stereocenters. The van der Waals surface area contributed by atoms with Crippen LogP contribution in [-0.2, 0) is 10.3 Å². The summed E-state index contributed by atoms with van der Waals surface area (Å²) in [7, 11) is 1.64. The van der Waals surface area contributed by atoms with Gasteiger partial charge in [0.1, 0.15) is 11.5 Å². The van der Waals surface area contributed by atoms with Gasteiger partial charge in [-0.15, -0.1) is 0 Å². The maximum atomic E-state index is 12.5. The minimum atomic E-state index is -0.364. The molecular weight excluding hydrogens is 330 g/mol. The van der Waals surface area contributed by atoms with E-state index in [1.165, 1.54) is 0 Å². The molecule has 1 aliphatic rings. The zero-order valence-electron chi connectivity index (χ0n) is 14.9. The molecule has 0 aromatic heterocycles. The van der Waals surface area contributed by atoms with Gasteiger partial charge < -0.3 is 14.8 Å². The van der Waals surface area contributed by atoms with Gasteiger partial charge in [-0.25, -0.2) is 0 Å². The van der Waals surface area contributed by atoms with Crippen LogP contribution in [0.15, 0.2) is 48.5 Å². The Labute approximate surface area is 153 Å². The van der Waals surface area contributed by atoms with E-state index < -0.39 is 0 Å². The Hall–Kier alpha value is -2.82. The van der Waals surface area contributed by atoms with E-state index in [9.17, 15) is 9.59 Å². The number of benzene rings is 2. The van der Waals surface area contributed by atoms with Crippen LogP contribution in [0.5, 0.6) is 11.5 Å². The van der Waals surface area contributed by atoms with Gasteiger partial charge in [0, 0.05) is 0 Å². The molecule has 1 saturated carbocycles. The number of hydrogen-bond acceptors (Lipinski definition) is 4. The normalized spacial score (nSPS) is 15.3. The van der Waals surface area contributed by atoms with Crippen molar-refractivity contribution in [3.05, 3.63) is 59.7 Å².